The number of nitrogens with zero attached hydrogens (tertiary/aromatic N) is 1. The van der Waals surface area contributed by atoms with Crippen LogP contribution >= 0.6 is 11.6 Å². The minimum absolute atomic E-state index is 0.254. The van der Waals surface area contributed by atoms with E-state index in [0.717, 1.165) is 0 Å². The van der Waals surface area contributed by atoms with Gasteiger partial charge in [-0.05, 0) is 37.3 Å². The maximum absolute atomic E-state index is 12.1. The molecule has 21 heavy (non-hydrogen) atoms. The summed E-state index contributed by atoms with van der Waals surface area (Å²) in [4.78, 5) is 26.9. The highest BCUT2D eigenvalue weighted by atomic mass is 35.5. The quantitative estimate of drug-likeness (QED) is 0.760. The fourth-order valence-electron chi connectivity index (χ4n) is 1.78. The Hall–Kier alpha value is -2.60. The van der Waals surface area contributed by atoms with Crippen molar-refractivity contribution in [3.05, 3.63) is 52.8 Å². The number of nitrogens with two attached hydrogens (primary N) is 1. The predicted octanol–water partition coefficient (Wildman–Crippen LogP) is 2.79. The number of hydrogen-bond donors (Lipinski definition) is 3. The maximum Gasteiger partial charge on any atom is 0.316 e. The number of primary amides is 1. The first-order chi connectivity index (χ1) is 9.94. The minimum atomic E-state index is -0.671. The smallest absolute Gasteiger partial charge is 0.316 e. The van der Waals surface area contributed by atoms with Gasteiger partial charge in [-0.15, -0.1) is 0 Å². The highest BCUT2D eigenvalue weighted by Crippen LogP contribution is 2.17. The van der Waals surface area contributed by atoms with Gasteiger partial charge in [-0.25, -0.2) is 9.78 Å². The highest BCUT2D eigenvalue weighted by molar-refractivity contribution is 6.29. The standard InChI is InChI=1S/C14H13ClN4O2/c1-8-5-9(6-12(15)17-8)13(20)18-10-3-2-4-11(7-10)19-14(16)21/h2-7H,1H3,(H,18,20)(H3,16,19,21). The summed E-state index contributed by atoms with van der Waals surface area (Å²) in [7, 11) is 0. The van der Waals surface area contributed by atoms with Gasteiger partial charge in [-0.1, -0.05) is 17.7 Å². The molecule has 2 aromatic rings. The molecule has 6 nitrogen and oxygen atoms in total. The second-order valence-corrected chi connectivity index (χ2v) is 4.73. The van der Waals surface area contributed by atoms with Crippen molar-refractivity contribution in [1.29, 1.82) is 0 Å². The average molecular weight is 305 g/mol. The van der Waals surface area contributed by atoms with E-state index in [2.05, 4.69) is 15.6 Å². The Balaban J connectivity index is 2.17. The number of rotatable bonds is 3. The molecule has 0 saturated carbocycles. The third-order valence-corrected chi connectivity index (χ3v) is 2.77. The molecule has 0 radical (unpaired) electrons. The van der Waals surface area contributed by atoms with E-state index >= 15 is 0 Å². The molecular formula is C14H13ClN4O2. The fourth-order valence-corrected chi connectivity index (χ4v) is 2.03. The summed E-state index contributed by atoms with van der Waals surface area (Å²) in [6.07, 6.45) is 0. The van der Waals surface area contributed by atoms with Crippen molar-refractivity contribution in [2.45, 2.75) is 6.92 Å². The molecule has 1 aromatic carbocycles. The molecule has 108 valence electrons. The molecule has 0 bridgehead atoms. The Morgan fingerprint density at radius 1 is 1.14 bits per heavy atom. The fraction of sp³-hybridized carbons (Fsp3) is 0.0714. The third-order valence-electron chi connectivity index (χ3n) is 2.57. The maximum atomic E-state index is 12.1. The van der Waals surface area contributed by atoms with E-state index in [1.807, 2.05) is 0 Å². The van der Waals surface area contributed by atoms with Crippen LogP contribution in [-0.2, 0) is 0 Å². The molecule has 0 aliphatic heterocycles. The van der Waals surface area contributed by atoms with E-state index in [-0.39, 0.29) is 11.1 Å². The molecule has 1 heterocycles. The molecule has 3 amide bonds. The summed E-state index contributed by atoms with van der Waals surface area (Å²) < 4.78 is 0. The van der Waals surface area contributed by atoms with Gasteiger partial charge in [0.2, 0.25) is 0 Å². The zero-order chi connectivity index (χ0) is 15.4. The van der Waals surface area contributed by atoms with Crippen LogP contribution in [0.3, 0.4) is 0 Å². The number of carbonyl (C=O) groups excluding carboxylic acids is 2. The minimum Gasteiger partial charge on any atom is -0.351 e. The zero-order valence-corrected chi connectivity index (χ0v) is 11.9. The summed E-state index contributed by atoms with van der Waals surface area (Å²) in [5, 5.41) is 5.40. The molecule has 0 aliphatic rings. The summed E-state index contributed by atoms with van der Waals surface area (Å²) in [6.45, 7) is 1.75. The van der Waals surface area contributed by atoms with Gasteiger partial charge >= 0.3 is 6.03 Å². The van der Waals surface area contributed by atoms with Crippen molar-refractivity contribution in [3.63, 3.8) is 0 Å². The van der Waals surface area contributed by atoms with Crippen LogP contribution in [0.5, 0.6) is 0 Å². The number of amides is 3. The number of carbonyl (C=O) groups is 2. The van der Waals surface area contributed by atoms with Crippen LogP contribution in [0.25, 0.3) is 0 Å². The Kier molecular flexibility index (Phi) is 4.39. The normalized spacial score (nSPS) is 10.0. The molecule has 0 aliphatic carbocycles. The van der Waals surface area contributed by atoms with Gasteiger partial charge < -0.3 is 16.4 Å². The van der Waals surface area contributed by atoms with E-state index in [1.165, 1.54) is 6.07 Å². The topological polar surface area (TPSA) is 97.1 Å². The van der Waals surface area contributed by atoms with Crippen LogP contribution in [0.2, 0.25) is 5.15 Å². The number of aryl methyl sites for hydroxylation is 1. The molecule has 7 heteroatoms. The molecule has 2 rings (SSSR count). The Morgan fingerprint density at radius 2 is 1.81 bits per heavy atom. The largest absolute Gasteiger partial charge is 0.351 e. The molecular weight excluding hydrogens is 292 g/mol. The number of benzene rings is 1. The second kappa shape index (κ2) is 6.23. The first kappa shape index (κ1) is 14.8. The molecule has 0 fully saturated rings. The molecule has 0 unspecified atom stereocenters. The van der Waals surface area contributed by atoms with Crippen molar-refractivity contribution in [1.82, 2.24) is 4.98 Å². The van der Waals surface area contributed by atoms with Crippen LogP contribution in [0.1, 0.15) is 16.1 Å². The summed E-state index contributed by atoms with van der Waals surface area (Å²) in [5.41, 5.74) is 7.11. The van der Waals surface area contributed by atoms with E-state index in [0.29, 0.717) is 22.6 Å². The van der Waals surface area contributed by atoms with E-state index < -0.39 is 6.03 Å². The average Bonchev–Trinajstić information content (AvgIpc) is 2.37. The van der Waals surface area contributed by atoms with Crippen LogP contribution in [-0.4, -0.2) is 16.9 Å². The van der Waals surface area contributed by atoms with Gasteiger partial charge in [-0.3, -0.25) is 4.79 Å². The Morgan fingerprint density at radius 3 is 2.43 bits per heavy atom. The summed E-state index contributed by atoms with van der Waals surface area (Å²) in [5.74, 6) is -0.321. The Bertz CT molecular complexity index is 683. The van der Waals surface area contributed by atoms with Crippen molar-refractivity contribution in [3.8, 4) is 0 Å². The number of halogens is 1. The number of urea groups is 1. The van der Waals surface area contributed by atoms with Gasteiger partial charge in [0.15, 0.2) is 0 Å². The summed E-state index contributed by atoms with van der Waals surface area (Å²) in [6, 6.07) is 9.08. The predicted molar refractivity (Wildman–Crippen MR) is 81.6 cm³/mol. The van der Waals surface area contributed by atoms with Crippen LogP contribution in [0.15, 0.2) is 36.4 Å². The van der Waals surface area contributed by atoms with E-state index in [9.17, 15) is 9.59 Å². The van der Waals surface area contributed by atoms with Gasteiger partial charge in [0, 0.05) is 22.6 Å². The van der Waals surface area contributed by atoms with Crippen molar-refractivity contribution < 1.29 is 9.59 Å². The molecule has 0 spiro atoms. The number of pyridine rings is 1. The molecule has 0 saturated heterocycles. The molecule has 0 atom stereocenters. The van der Waals surface area contributed by atoms with Gasteiger partial charge in [0.05, 0.1) is 0 Å². The van der Waals surface area contributed by atoms with Gasteiger partial charge in [0.25, 0.3) is 5.91 Å². The van der Waals surface area contributed by atoms with Crippen LogP contribution < -0.4 is 16.4 Å². The lowest BCUT2D eigenvalue weighted by Gasteiger charge is -2.08. The number of hydrogen-bond acceptors (Lipinski definition) is 3. The van der Waals surface area contributed by atoms with Crippen LogP contribution in [0.4, 0.5) is 16.2 Å². The SMILES string of the molecule is Cc1cc(C(=O)Nc2cccc(NC(N)=O)c2)cc(Cl)n1. The van der Waals surface area contributed by atoms with Crippen molar-refractivity contribution in [2.24, 2.45) is 5.73 Å². The molecule has 4 N–H and O–H groups in total. The lowest BCUT2D eigenvalue weighted by molar-refractivity contribution is 0.102. The van der Waals surface area contributed by atoms with E-state index in [4.69, 9.17) is 17.3 Å². The van der Waals surface area contributed by atoms with Gasteiger partial charge in [-0.2, -0.15) is 0 Å². The number of anilines is 2. The Labute approximate surface area is 126 Å². The van der Waals surface area contributed by atoms with Crippen molar-refractivity contribution in [2.75, 3.05) is 10.6 Å². The third kappa shape index (κ3) is 4.19. The number of nitrogens with one attached hydrogen (secondary N) is 2. The first-order valence-corrected chi connectivity index (χ1v) is 6.44. The monoisotopic (exact) mass is 304 g/mol. The molecule has 1 aromatic heterocycles. The highest BCUT2D eigenvalue weighted by Gasteiger charge is 2.09. The lowest BCUT2D eigenvalue weighted by Crippen LogP contribution is -2.19. The second-order valence-electron chi connectivity index (χ2n) is 4.34. The van der Waals surface area contributed by atoms with E-state index in [1.54, 1.807) is 37.3 Å². The summed E-state index contributed by atoms with van der Waals surface area (Å²) >= 11 is 5.83. The number of aromatic nitrogens is 1. The van der Waals surface area contributed by atoms with Crippen molar-refractivity contribution >= 4 is 34.9 Å². The first-order valence-electron chi connectivity index (χ1n) is 6.06. The lowest BCUT2D eigenvalue weighted by atomic mass is 10.2. The van der Waals surface area contributed by atoms with Gasteiger partial charge in [0.1, 0.15) is 5.15 Å². The zero-order valence-electron chi connectivity index (χ0n) is 11.2. The van der Waals surface area contributed by atoms with Crippen LogP contribution in [0, 0.1) is 6.92 Å².